The predicted octanol–water partition coefficient (Wildman–Crippen LogP) is 6.66. The van der Waals surface area contributed by atoms with E-state index in [1.807, 2.05) is 84.9 Å². The molecule has 0 aliphatic rings. The number of hydrogen-bond donors (Lipinski definition) is 0. The maximum absolute atomic E-state index is 14.9. The minimum Gasteiger partial charge on any atom is -0.317 e. The van der Waals surface area contributed by atoms with Crippen molar-refractivity contribution in [1.29, 1.82) is 0 Å². The Hall–Kier alpha value is -2.89. The Bertz CT molecular complexity index is 1010. The molecule has 2 heteroatoms. The van der Waals surface area contributed by atoms with E-state index in [4.69, 9.17) is 0 Å². The average Bonchev–Trinajstić information content (AvgIpc) is 2.77. The molecule has 0 aromatic heterocycles. The lowest BCUT2D eigenvalue weighted by molar-refractivity contribution is 0.575. The average molecular weight is 382 g/mol. The third-order valence-corrected chi connectivity index (χ3v) is 8.54. The second kappa shape index (κ2) is 8.42. The molecule has 1 unspecified atom stereocenters. The van der Waals surface area contributed by atoms with E-state index in [0.29, 0.717) is 6.16 Å². The van der Waals surface area contributed by atoms with Crippen LogP contribution in [0.25, 0.3) is 0 Å². The summed E-state index contributed by atoms with van der Waals surface area (Å²) in [6, 6.07) is 40.7. The van der Waals surface area contributed by atoms with Crippen LogP contribution in [-0.2, 0) is 10.7 Å². The Labute approximate surface area is 167 Å². The fraction of sp³-hybridized carbons (Fsp3) is 0.0769. The number of benzene rings is 4. The molecule has 1 nitrogen and oxygen atoms in total. The number of hydrogen-bond acceptors (Lipinski definition) is 1. The van der Waals surface area contributed by atoms with Gasteiger partial charge in [0.25, 0.3) is 0 Å². The zero-order valence-electron chi connectivity index (χ0n) is 15.7. The predicted molar refractivity (Wildman–Crippen MR) is 119 cm³/mol. The summed E-state index contributed by atoms with van der Waals surface area (Å²) in [6.07, 6.45) is 0.534. The van der Waals surface area contributed by atoms with Crippen LogP contribution in [0.3, 0.4) is 0 Å². The van der Waals surface area contributed by atoms with Crippen molar-refractivity contribution in [2.45, 2.75) is 11.8 Å². The van der Waals surface area contributed by atoms with Crippen LogP contribution >= 0.6 is 7.14 Å². The summed E-state index contributed by atoms with van der Waals surface area (Å²) in [6.45, 7) is 0. The molecule has 0 saturated carbocycles. The van der Waals surface area contributed by atoms with Crippen LogP contribution in [0.1, 0.15) is 22.3 Å². The van der Waals surface area contributed by atoms with Gasteiger partial charge < -0.3 is 4.57 Å². The fourth-order valence-corrected chi connectivity index (χ4v) is 7.21. The summed E-state index contributed by atoms with van der Waals surface area (Å²) < 4.78 is 14.9. The first-order valence-electron chi connectivity index (χ1n) is 9.55. The molecule has 0 fully saturated rings. The standard InChI is InChI=1S/C26H23OP/c27-28(25-19-11-4-12-20-25,21-22-13-5-1-6-14-22)26(23-15-7-2-8-16-23)24-17-9-3-10-18-24/h1-20,26H,21H2. The summed E-state index contributed by atoms with van der Waals surface area (Å²) in [4.78, 5) is 0. The molecule has 4 aromatic carbocycles. The topological polar surface area (TPSA) is 17.1 Å². The Morgan fingerprint density at radius 1 is 0.536 bits per heavy atom. The van der Waals surface area contributed by atoms with Crippen LogP contribution in [-0.4, -0.2) is 0 Å². The lowest BCUT2D eigenvalue weighted by atomic mass is 10.0. The summed E-state index contributed by atoms with van der Waals surface area (Å²) in [5.41, 5.74) is 3.11. The second-order valence-corrected chi connectivity index (χ2v) is 9.94. The Morgan fingerprint density at radius 3 is 1.39 bits per heavy atom. The van der Waals surface area contributed by atoms with E-state index in [1.54, 1.807) is 0 Å². The third kappa shape index (κ3) is 3.86. The van der Waals surface area contributed by atoms with Crippen molar-refractivity contribution in [1.82, 2.24) is 0 Å². The minimum atomic E-state index is -2.85. The Balaban J connectivity index is 1.93. The normalized spacial score (nSPS) is 13.2. The zero-order valence-corrected chi connectivity index (χ0v) is 16.6. The molecule has 0 aliphatic heterocycles. The van der Waals surface area contributed by atoms with E-state index in [2.05, 4.69) is 36.4 Å². The molecule has 0 N–H and O–H groups in total. The zero-order chi connectivity index (χ0) is 19.2. The second-order valence-electron chi connectivity index (χ2n) is 7.00. The lowest BCUT2D eigenvalue weighted by Gasteiger charge is -2.29. The Morgan fingerprint density at radius 2 is 0.929 bits per heavy atom. The van der Waals surface area contributed by atoms with Crippen molar-refractivity contribution in [2.75, 3.05) is 0 Å². The van der Waals surface area contributed by atoms with Crippen LogP contribution in [0.5, 0.6) is 0 Å². The Kier molecular flexibility index (Phi) is 5.55. The molecule has 28 heavy (non-hydrogen) atoms. The highest BCUT2D eigenvalue weighted by molar-refractivity contribution is 7.71. The van der Waals surface area contributed by atoms with E-state index >= 15 is 0 Å². The van der Waals surface area contributed by atoms with Gasteiger partial charge in [-0.1, -0.05) is 121 Å². The number of rotatable bonds is 6. The maximum Gasteiger partial charge on any atom is 0.131 e. The third-order valence-electron chi connectivity index (χ3n) is 5.10. The molecule has 0 saturated heterocycles. The van der Waals surface area contributed by atoms with Gasteiger partial charge in [0, 0.05) is 11.5 Å². The maximum atomic E-state index is 14.9. The monoisotopic (exact) mass is 382 g/mol. The lowest BCUT2D eigenvalue weighted by Crippen LogP contribution is -2.15. The van der Waals surface area contributed by atoms with Crippen LogP contribution in [0.2, 0.25) is 0 Å². The van der Waals surface area contributed by atoms with Gasteiger partial charge in [0.05, 0.1) is 5.66 Å². The van der Waals surface area contributed by atoms with Gasteiger partial charge in [-0.2, -0.15) is 0 Å². The van der Waals surface area contributed by atoms with Crippen molar-refractivity contribution in [3.05, 3.63) is 138 Å². The molecule has 0 amide bonds. The molecule has 0 aliphatic carbocycles. The van der Waals surface area contributed by atoms with Crippen LogP contribution in [0, 0.1) is 0 Å². The van der Waals surface area contributed by atoms with Gasteiger partial charge in [-0.25, -0.2) is 0 Å². The van der Waals surface area contributed by atoms with Gasteiger partial charge in [0.1, 0.15) is 7.14 Å². The van der Waals surface area contributed by atoms with Crippen molar-refractivity contribution >= 4 is 12.4 Å². The summed E-state index contributed by atoms with van der Waals surface area (Å²) >= 11 is 0. The van der Waals surface area contributed by atoms with E-state index in [9.17, 15) is 4.57 Å². The SMILES string of the molecule is O=P(Cc1ccccc1)(c1ccccc1)C(c1ccccc1)c1ccccc1. The van der Waals surface area contributed by atoms with Gasteiger partial charge in [-0.05, 0) is 16.7 Å². The van der Waals surface area contributed by atoms with Gasteiger partial charge in [0.2, 0.25) is 0 Å². The highest BCUT2D eigenvalue weighted by atomic mass is 31.2. The molecule has 1 atom stereocenters. The summed E-state index contributed by atoms with van der Waals surface area (Å²) in [7, 11) is -2.85. The van der Waals surface area contributed by atoms with Gasteiger partial charge in [-0.15, -0.1) is 0 Å². The van der Waals surface area contributed by atoms with Gasteiger partial charge in [-0.3, -0.25) is 0 Å². The largest absolute Gasteiger partial charge is 0.317 e. The molecule has 0 radical (unpaired) electrons. The quantitative estimate of drug-likeness (QED) is 0.341. The van der Waals surface area contributed by atoms with Crippen molar-refractivity contribution in [3.8, 4) is 0 Å². The van der Waals surface area contributed by atoms with Crippen LogP contribution in [0.15, 0.2) is 121 Å². The molecule has 4 rings (SSSR count). The molecule has 4 aromatic rings. The highest BCUT2D eigenvalue weighted by Crippen LogP contribution is 2.63. The van der Waals surface area contributed by atoms with E-state index in [0.717, 1.165) is 22.0 Å². The van der Waals surface area contributed by atoms with Gasteiger partial charge >= 0.3 is 0 Å². The highest BCUT2D eigenvalue weighted by Gasteiger charge is 2.37. The molecule has 0 bridgehead atoms. The first kappa shape index (κ1) is 18.5. The van der Waals surface area contributed by atoms with E-state index in [1.165, 1.54) is 0 Å². The minimum absolute atomic E-state index is 0.183. The molecule has 0 spiro atoms. The van der Waals surface area contributed by atoms with Crippen molar-refractivity contribution < 1.29 is 4.57 Å². The molecule has 138 valence electrons. The first-order valence-corrected chi connectivity index (χ1v) is 11.5. The van der Waals surface area contributed by atoms with Crippen molar-refractivity contribution in [2.24, 2.45) is 0 Å². The van der Waals surface area contributed by atoms with Crippen molar-refractivity contribution in [3.63, 3.8) is 0 Å². The smallest absolute Gasteiger partial charge is 0.131 e. The molecule has 0 heterocycles. The first-order chi connectivity index (χ1) is 13.8. The van der Waals surface area contributed by atoms with E-state index < -0.39 is 7.14 Å². The van der Waals surface area contributed by atoms with Crippen LogP contribution < -0.4 is 5.30 Å². The van der Waals surface area contributed by atoms with E-state index in [-0.39, 0.29) is 5.66 Å². The van der Waals surface area contributed by atoms with Crippen LogP contribution in [0.4, 0.5) is 0 Å². The van der Waals surface area contributed by atoms with Gasteiger partial charge in [0.15, 0.2) is 0 Å². The molecular formula is C26H23OP. The summed E-state index contributed by atoms with van der Waals surface area (Å²) in [5.74, 6) is 0. The molecular weight excluding hydrogens is 359 g/mol. The fourth-order valence-electron chi connectivity index (χ4n) is 3.81. The summed E-state index contributed by atoms with van der Waals surface area (Å²) in [5, 5.41) is 0.927.